The average molecular weight is 352 g/mol. The molecule has 26 heavy (non-hydrogen) atoms. The van der Waals surface area contributed by atoms with Gasteiger partial charge in [0.25, 0.3) is 5.89 Å². The number of carbonyl (C=O) groups is 1. The van der Waals surface area contributed by atoms with E-state index in [1.807, 2.05) is 11.7 Å². The molecule has 3 aromatic rings. The second-order valence-electron chi connectivity index (χ2n) is 7.54. The number of aromatic nitrogens is 4. The summed E-state index contributed by atoms with van der Waals surface area (Å²) in [4.78, 5) is 15.4. The Hall–Kier alpha value is -2.96. The first-order chi connectivity index (χ1) is 12.3. The van der Waals surface area contributed by atoms with Crippen LogP contribution in [0, 0.1) is 5.41 Å². The number of carboxylic acids is 1. The van der Waals surface area contributed by atoms with Crippen molar-refractivity contribution in [1.82, 2.24) is 19.9 Å². The molecule has 1 aliphatic rings. The molecule has 0 atom stereocenters. The van der Waals surface area contributed by atoms with E-state index in [4.69, 9.17) is 9.63 Å². The Morgan fingerprint density at radius 2 is 2.00 bits per heavy atom. The summed E-state index contributed by atoms with van der Waals surface area (Å²) >= 11 is 0. The molecule has 7 nitrogen and oxygen atoms in total. The van der Waals surface area contributed by atoms with Gasteiger partial charge < -0.3 is 9.63 Å². The summed E-state index contributed by atoms with van der Waals surface area (Å²) in [5, 5.41) is 17.6. The van der Waals surface area contributed by atoms with Crippen LogP contribution in [-0.2, 0) is 19.9 Å². The quantitative estimate of drug-likeness (QED) is 0.777. The topological polar surface area (TPSA) is 94.0 Å². The summed E-state index contributed by atoms with van der Waals surface area (Å²) in [5.41, 5.74) is 4.35. The predicted octanol–water partition coefficient (Wildman–Crippen LogP) is 3.35. The largest absolute Gasteiger partial charge is 0.478 e. The first kappa shape index (κ1) is 16.5. The highest BCUT2D eigenvalue weighted by Gasteiger charge is 2.32. The Bertz CT molecular complexity index is 983. The first-order valence-electron chi connectivity index (χ1n) is 8.57. The molecule has 7 heteroatoms. The Kier molecular flexibility index (Phi) is 3.68. The molecule has 1 N–H and O–H groups in total. The van der Waals surface area contributed by atoms with Crippen molar-refractivity contribution in [2.45, 2.75) is 33.1 Å². The van der Waals surface area contributed by atoms with Crippen molar-refractivity contribution >= 4 is 5.97 Å². The number of carboxylic acid groups (broad SMARTS) is 1. The van der Waals surface area contributed by atoms with Gasteiger partial charge in [0.2, 0.25) is 5.82 Å². The minimum absolute atomic E-state index is 0.221. The van der Waals surface area contributed by atoms with E-state index in [9.17, 15) is 4.79 Å². The number of fused-ring (bicyclic) bond motifs is 1. The van der Waals surface area contributed by atoms with E-state index in [-0.39, 0.29) is 11.0 Å². The van der Waals surface area contributed by atoms with Crippen LogP contribution in [0.4, 0.5) is 0 Å². The van der Waals surface area contributed by atoms with Crippen LogP contribution in [0.3, 0.4) is 0 Å². The lowest BCUT2D eigenvalue weighted by atomic mass is 9.76. The zero-order valence-corrected chi connectivity index (χ0v) is 15.0. The van der Waals surface area contributed by atoms with Crippen molar-refractivity contribution in [3.05, 3.63) is 41.1 Å². The maximum absolute atomic E-state index is 11.0. The molecule has 0 unspecified atom stereocenters. The molecule has 0 amide bonds. The second-order valence-corrected chi connectivity index (χ2v) is 7.54. The summed E-state index contributed by atoms with van der Waals surface area (Å²) in [6, 6.07) is 6.40. The number of aryl methyl sites for hydroxylation is 1. The van der Waals surface area contributed by atoms with Gasteiger partial charge in [-0.15, -0.1) is 0 Å². The van der Waals surface area contributed by atoms with E-state index in [0.717, 1.165) is 25.0 Å². The van der Waals surface area contributed by atoms with E-state index in [1.54, 1.807) is 12.1 Å². The van der Waals surface area contributed by atoms with E-state index in [0.29, 0.717) is 17.3 Å². The molecule has 1 aliphatic carbocycles. The number of benzene rings is 1. The van der Waals surface area contributed by atoms with Gasteiger partial charge in [-0.05, 0) is 36.8 Å². The molecule has 2 heterocycles. The smallest absolute Gasteiger partial charge is 0.335 e. The van der Waals surface area contributed by atoms with Gasteiger partial charge >= 0.3 is 5.97 Å². The highest BCUT2D eigenvalue weighted by Crippen LogP contribution is 2.38. The number of rotatable bonds is 3. The third-order valence-corrected chi connectivity index (χ3v) is 4.99. The van der Waals surface area contributed by atoms with Crippen LogP contribution < -0.4 is 0 Å². The van der Waals surface area contributed by atoms with Crippen molar-refractivity contribution < 1.29 is 14.4 Å². The number of hydrogen-bond acceptors (Lipinski definition) is 5. The van der Waals surface area contributed by atoms with E-state index in [2.05, 4.69) is 29.1 Å². The van der Waals surface area contributed by atoms with Crippen LogP contribution in [0.2, 0.25) is 0 Å². The fourth-order valence-electron chi connectivity index (χ4n) is 3.46. The molecule has 0 saturated heterocycles. The van der Waals surface area contributed by atoms with Gasteiger partial charge in [0.15, 0.2) is 5.69 Å². The van der Waals surface area contributed by atoms with Gasteiger partial charge in [-0.3, -0.25) is 4.68 Å². The Morgan fingerprint density at radius 1 is 1.27 bits per heavy atom. The van der Waals surface area contributed by atoms with E-state index in [1.165, 1.54) is 23.4 Å². The Balaban J connectivity index is 1.68. The van der Waals surface area contributed by atoms with Gasteiger partial charge in [-0.2, -0.15) is 10.1 Å². The lowest BCUT2D eigenvalue weighted by Gasteiger charge is -2.29. The first-order valence-corrected chi connectivity index (χ1v) is 8.57. The van der Waals surface area contributed by atoms with Gasteiger partial charge in [0.1, 0.15) is 0 Å². The molecule has 0 spiro atoms. The lowest BCUT2D eigenvalue weighted by molar-refractivity contribution is 0.0697. The van der Waals surface area contributed by atoms with Crippen LogP contribution in [0.15, 0.2) is 28.8 Å². The molecule has 0 radical (unpaired) electrons. The van der Waals surface area contributed by atoms with Crippen LogP contribution >= 0.6 is 0 Å². The Labute approximate surface area is 150 Å². The SMILES string of the molecule is Cn1nc(-c2nc(-c3ccc(C(=O)O)cc3)no2)c2c1CC(C)(C)CC2. The fraction of sp³-hybridized carbons (Fsp3) is 0.368. The highest BCUT2D eigenvalue weighted by atomic mass is 16.5. The van der Waals surface area contributed by atoms with Gasteiger partial charge in [0, 0.05) is 23.9 Å². The maximum Gasteiger partial charge on any atom is 0.335 e. The van der Waals surface area contributed by atoms with E-state index < -0.39 is 5.97 Å². The summed E-state index contributed by atoms with van der Waals surface area (Å²) in [6.07, 6.45) is 3.01. The maximum atomic E-state index is 11.0. The van der Waals surface area contributed by atoms with Crippen LogP contribution in [0.5, 0.6) is 0 Å². The zero-order valence-electron chi connectivity index (χ0n) is 15.0. The fourth-order valence-corrected chi connectivity index (χ4v) is 3.46. The third-order valence-electron chi connectivity index (χ3n) is 4.99. The average Bonchev–Trinajstić information content (AvgIpc) is 3.19. The lowest BCUT2D eigenvalue weighted by Crippen LogP contribution is -2.23. The molecule has 1 aromatic carbocycles. The van der Waals surface area contributed by atoms with Gasteiger partial charge in [0.05, 0.1) is 5.56 Å². The molecule has 4 rings (SSSR count). The molecular formula is C19H20N4O3. The molecule has 0 saturated carbocycles. The van der Waals surface area contributed by atoms with Crippen LogP contribution in [-0.4, -0.2) is 31.0 Å². The van der Waals surface area contributed by atoms with E-state index >= 15 is 0 Å². The summed E-state index contributed by atoms with van der Waals surface area (Å²) in [5.74, 6) is -0.139. The molecule has 2 aromatic heterocycles. The molecule has 0 fully saturated rings. The minimum Gasteiger partial charge on any atom is -0.478 e. The van der Waals surface area contributed by atoms with Crippen molar-refractivity contribution in [2.24, 2.45) is 12.5 Å². The third kappa shape index (κ3) is 2.79. The molecule has 0 aliphatic heterocycles. The van der Waals surface area contributed by atoms with Gasteiger partial charge in [-0.1, -0.05) is 31.1 Å². The van der Waals surface area contributed by atoms with Gasteiger partial charge in [-0.25, -0.2) is 4.79 Å². The minimum atomic E-state index is -0.964. The number of aromatic carboxylic acids is 1. The monoisotopic (exact) mass is 352 g/mol. The normalized spacial score (nSPS) is 15.7. The summed E-state index contributed by atoms with van der Waals surface area (Å²) in [7, 11) is 1.95. The number of nitrogens with zero attached hydrogens (tertiary/aromatic N) is 4. The summed E-state index contributed by atoms with van der Waals surface area (Å²) in [6.45, 7) is 4.54. The van der Waals surface area contributed by atoms with Crippen LogP contribution in [0.25, 0.3) is 23.0 Å². The van der Waals surface area contributed by atoms with Crippen molar-refractivity contribution in [2.75, 3.05) is 0 Å². The predicted molar refractivity (Wildman–Crippen MR) is 94.7 cm³/mol. The molecular weight excluding hydrogens is 332 g/mol. The summed E-state index contributed by atoms with van der Waals surface area (Å²) < 4.78 is 7.37. The van der Waals surface area contributed by atoms with Crippen molar-refractivity contribution in [1.29, 1.82) is 0 Å². The van der Waals surface area contributed by atoms with Crippen molar-refractivity contribution in [3.63, 3.8) is 0 Å². The molecule has 134 valence electrons. The highest BCUT2D eigenvalue weighted by molar-refractivity contribution is 5.88. The zero-order chi connectivity index (χ0) is 18.5. The second kappa shape index (κ2) is 5.79. The standard InChI is InChI=1S/C19H20N4O3/c1-19(2)9-8-13-14(10-19)23(3)21-15(13)17-20-16(22-26-17)11-4-6-12(7-5-11)18(24)25/h4-7H,8-10H2,1-3H3,(H,24,25). The number of hydrogen-bond donors (Lipinski definition) is 1. The van der Waals surface area contributed by atoms with Crippen LogP contribution in [0.1, 0.15) is 41.9 Å². The Morgan fingerprint density at radius 3 is 2.69 bits per heavy atom. The van der Waals surface area contributed by atoms with Crippen molar-refractivity contribution in [3.8, 4) is 23.0 Å². The molecule has 0 bridgehead atoms.